The predicted molar refractivity (Wildman–Crippen MR) is 135 cm³/mol. The molecule has 3 aromatic carbocycles. The van der Waals surface area contributed by atoms with Crippen LogP contribution in [0.4, 0.5) is 15.8 Å². The van der Waals surface area contributed by atoms with Gasteiger partial charge in [-0.2, -0.15) is 0 Å². The maximum Gasteiger partial charge on any atom is 0.261 e. The SMILES string of the molecule is CCCCCC(=O)N1c2ccccc2[C@@H](N(C(=O)c2ccccc2F)c2ccccc2)C[C@H]1C. The molecule has 0 aliphatic carbocycles. The second-order valence-electron chi connectivity index (χ2n) is 8.87. The van der Waals surface area contributed by atoms with E-state index in [1.54, 1.807) is 17.0 Å². The number of halogens is 1. The average Bonchev–Trinajstić information content (AvgIpc) is 2.85. The fourth-order valence-electron chi connectivity index (χ4n) is 4.84. The highest BCUT2D eigenvalue weighted by Gasteiger charge is 2.39. The second-order valence-corrected chi connectivity index (χ2v) is 8.87. The third-order valence-electron chi connectivity index (χ3n) is 6.49. The van der Waals surface area contributed by atoms with Gasteiger partial charge in [0.2, 0.25) is 5.91 Å². The zero-order valence-electron chi connectivity index (χ0n) is 19.8. The van der Waals surface area contributed by atoms with E-state index >= 15 is 0 Å². The van der Waals surface area contributed by atoms with Gasteiger partial charge in [0, 0.05) is 23.8 Å². The smallest absolute Gasteiger partial charge is 0.261 e. The monoisotopic (exact) mass is 458 g/mol. The Morgan fingerprint density at radius 1 is 0.941 bits per heavy atom. The van der Waals surface area contributed by atoms with Crippen LogP contribution in [0, 0.1) is 5.82 Å². The third-order valence-corrected chi connectivity index (χ3v) is 6.49. The molecule has 0 saturated carbocycles. The molecule has 0 radical (unpaired) electrons. The van der Waals surface area contributed by atoms with Crippen LogP contribution in [0.1, 0.15) is 67.9 Å². The standard InChI is InChI=1S/C29H31FN2O2/c1-3-4-6-19-28(33)31-21(2)20-27(24-16-10-12-18-26(24)31)32(22-13-7-5-8-14-22)29(34)23-15-9-11-17-25(23)30/h5,7-18,21,27H,3-4,6,19-20H2,1-2H3/t21-,27+/m1/s1. The maximum atomic E-state index is 14.7. The Kier molecular flexibility index (Phi) is 7.41. The zero-order chi connectivity index (χ0) is 24.1. The van der Waals surface area contributed by atoms with Gasteiger partial charge in [-0.3, -0.25) is 9.59 Å². The lowest BCUT2D eigenvalue weighted by Gasteiger charge is -2.43. The van der Waals surface area contributed by atoms with E-state index < -0.39 is 5.82 Å². The van der Waals surface area contributed by atoms with Crippen molar-refractivity contribution in [3.05, 3.63) is 95.8 Å². The molecule has 0 spiro atoms. The molecule has 4 rings (SSSR count). The Morgan fingerprint density at radius 3 is 2.35 bits per heavy atom. The van der Waals surface area contributed by atoms with E-state index in [0.717, 1.165) is 30.5 Å². The summed E-state index contributed by atoms with van der Waals surface area (Å²) >= 11 is 0. The molecule has 1 aliphatic heterocycles. The van der Waals surface area contributed by atoms with Crippen LogP contribution >= 0.6 is 0 Å². The summed E-state index contributed by atoms with van der Waals surface area (Å²) in [4.78, 5) is 30.5. The minimum absolute atomic E-state index is 0.0366. The molecule has 2 amide bonds. The summed E-state index contributed by atoms with van der Waals surface area (Å²) in [7, 11) is 0. The molecule has 0 fully saturated rings. The number of unbranched alkanes of at least 4 members (excludes halogenated alkanes) is 2. The van der Waals surface area contributed by atoms with Crippen LogP contribution in [0.15, 0.2) is 78.9 Å². The first-order valence-corrected chi connectivity index (χ1v) is 12.1. The van der Waals surface area contributed by atoms with Gasteiger partial charge < -0.3 is 9.80 Å². The van der Waals surface area contributed by atoms with Crippen molar-refractivity contribution in [2.75, 3.05) is 9.80 Å². The Bertz CT molecular complexity index is 1150. The lowest BCUT2D eigenvalue weighted by molar-refractivity contribution is -0.119. The van der Waals surface area contributed by atoms with E-state index in [0.29, 0.717) is 18.5 Å². The number of para-hydroxylation sites is 2. The quantitative estimate of drug-likeness (QED) is 0.361. The number of benzene rings is 3. The molecule has 34 heavy (non-hydrogen) atoms. The van der Waals surface area contributed by atoms with Gasteiger partial charge in [0.15, 0.2) is 0 Å². The van der Waals surface area contributed by atoms with Crippen molar-refractivity contribution in [3.8, 4) is 0 Å². The summed E-state index contributed by atoms with van der Waals surface area (Å²) < 4.78 is 14.7. The highest BCUT2D eigenvalue weighted by molar-refractivity contribution is 6.07. The summed E-state index contributed by atoms with van der Waals surface area (Å²) in [6.07, 6.45) is 4.02. The fraction of sp³-hybridized carbons (Fsp3) is 0.310. The molecule has 0 unspecified atom stereocenters. The van der Waals surface area contributed by atoms with Crippen LogP contribution < -0.4 is 9.80 Å². The van der Waals surface area contributed by atoms with E-state index in [-0.39, 0.29) is 29.5 Å². The van der Waals surface area contributed by atoms with Gasteiger partial charge in [-0.15, -0.1) is 0 Å². The lowest BCUT2D eigenvalue weighted by Crippen LogP contribution is -2.47. The summed E-state index contributed by atoms with van der Waals surface area (Å²) in [5, 5.41) is 0. The highest BCUT2D eigenvalue weighted by atomic mass is 19.1. The van der Waals surface area contributed by atoms with E-state index in [4.69, 9.17) is 0 Å². The molecule has 2 atom stereocenters. The second kappa shape index (κ2) is 10.6. The van der Waals surface area contributed by atoms with Crippen molar-refractivity contribution in [2.24, 2.45) is 0 Å². The van der Waals surface area contributed by atoms with Crippen molar-refractivity contribution in [3.63, 3.8) is 0 Å². The van der Waals surface area contributed by atoms with Gasteiger partial charge >= 0.3 is 0 Å². The van der Waals surface area contributed by atoms with Crippen molar-refractivity contribution in [1.82, 2.24) is 0 Å². The first-order chi connectivity index (χ1) is 16.5. The fourth-order valence-corrected chi connectivity index (χ4v) is 4.84. The van der Waals surface area contributed by atoms with E-state index in [2.05, 4.69) is 6.92 Å². The molecule has 3 aromatic rings. The Balaban J connectivity index is 1.77. The number of amides is 2. The van der Waals surface area contributed by atoms with Crippen LogP contribution in [0.2, 0.25) is 0 Å². The molecular formula is C29H31FN2O2. The maximum absolute atomic E-state index is 14.7. The largest absolute Gasteiger partial charge is 0.309 e. The molecule has 176 valence electrons. The molecule has 0 aromatic heterocycles. The van der Waals surface area contributed by atoms with Crippen molar-refractivity contribution < 1.29 is 14.0 Å². The molecule has 4 nitrogen and oxygen atoms in total. The van der Waals surface area contributed by atoms with Crippen molar-refractivity contribution in [1.29, 1.82) is 0 Å². The summed E-state index contributed by atoms with van der Waals surface area (Å²) in [6.45, 7) is 4.15. The van der Waals surface area contributed by atoms with Gasteiger partial charge in [0.25, 0.3) is 5.91 Å². The number of carbonyl (C=O) groups is 2. The summed E-state index contributed by atoms with van der Waals surface area (Å²) in [5.41, 5.74) is 2.47. The molecule has 0 saturated heterocycles. The van der Waals surface area contributed by atoms with E-state index in [1.165, 1.54) is 12.1 Å². The number of hydrogen-bond acceptors (Lipinski definition) is 2. The molecule has 0 N–H and O–H groups in total. The normalized spacial score (nSPS) is 17.2. The Morgan fingerprint density at radius 2 is 1.62 bits per heavy atom. The van der Waals surface area contributed by atoms with Crippen LogP contribution in [0.3, 0.4) is 0 Å². The van der Waals surface area contributed by atoms with Gasteiger partial charge in [-0.05, 0) is 55.7 Å². The number of nitrogens with zero attached hydrogens (tertiary/aromatic N) is 2. The molecule has 5 heteroatoms. The van der Waals surface area contributed by atoms with Gasteiger partial charge in [0.05, 0.1) is 11.6 Å². The highest BCUT2D eigenvalue weighted by Crippen LogP contribution is 2.43. The van der Waals surface area contributed by atoms with Gasteiger partial charge in [-0.25, -0.2) is 4.39 Å². The minimum Gasteiger partial charge on any atom is -0.309 e. The topological polar surface area (TPSA) is 40.6 Å². The first-order valence-electron chi connectivity index (χ1n) is 12.1. The molecular weight excluding hydrogens is 427 g/mol. The Labute approximate surface area is 201 Å². The average molecular weight is 459 g/mol. The number of carbonyl (C=O) groups excluding carboxylic acids is 2. The van der Waals surface area contributed by atoms with Crippen LogP contribution in [0.25, 0.3) is 0 Å². The molecule has 1 aliphatic rings. The molecule has 1 heterocycles. The lowest BCUT2D eigenvalue weighted by atomic mass is 9.89. The van der Waals surface area contributed by atoms with Crippen LogP contribution in [0.5, 0.6) is 0 Å². The Hall–Kier alpha value is -3.47. The summed E-state index contributed by atoms with van der Waals surface area (Å²) in [6, 6.07) is 22.8. The van der Waals surface area contributed by atoms with Crippen molar-refractivity contribution >= 4 is 23.2 Å². The van der Waals surface area contributed by atoms with Crippen LogP contribution in [-0.4, -0.2) is 17.9 Å². The van der Waals surface area contributed by atoms with E-state index in [9.17, 15) is 14.0 Å². The number of hydrogen-bond donors (Lipinski definition) is 0. The van der Waals surface area contributed by atoms with Crippen molar-refractivity contribution in [2.45, 2.75) is 58.0 Å². The van der Waals surface area contributed by atoms with Gasteiger partial charge in [0.1, 0.15) is 5.82 Å². The molecule has 0 bridgehead atoms. The van der Waals surface area contributed by atoms with Gasteiger partial charge in [-0.1, -0.05) is 68.3 Å². The number of rotatable bonds is 7. The zero-order valence-corrected chi connectivity index (χ0v) is 19.8. The number of anilines is 2. The first kappa shape index (κ1) is 23.7. The number of fused-ring (bicyclic) bond motifs is 1. The summed E-state index contributed by atoms with van der Waals surface area (Å²) in [5.74, 6) is -0.823. The third kappa shape index (κ3) is 4.74. The minimum atomic E-state index is -0.543. The van der Waals surface area contributed by atoms with E-state index in [1.807, 2.05) is 66.4 Å². The van der Waals surface area contributed by atoms with Crippen LogP contribution in [-0.2, 0) is 4.79 Å². The predicted octanol–water partition coefficient (Wildman–Crippen LogP) is 6.92.